The molecule has 8 heteroatoms. The Balaban J connectivity index is 2.17. The topological polar surface area (TPSA) is 79.4 Å². The fraction of sp³-hybridized carbons (Fsp3) is 0.333. The maximum Gasteiger partial charge on any atom is 0.257 e. The molecule has 1 N–H and O–H groups in total. The number of hydrogen-bond acceptors (Lipinski definition) is 5. The van der Waals surface area contributed by atoms with Crippen molar-refractivity contribution in [1.82, 2.24) is 9.29 Å². The zero-order valence-corrected chi connectivity index (χ0v) is 14.9. The minimum atomic E-state index is -3.51. The maximum absolute atomic E-state index is 12.4. The van der Waals surface area contributed by atoms with Gasteiger partial charge in [0.25, 0.3) is 5.91 Å². The van der Waals surface area contributed by atoms with Gasteiger partial charge in [0, 0.05) is 24.0 Å². The lowest BCUT2D eigenvalue weighted by Gasteiger charge is -2.18. The SMILES string of the molecule is CCN(CC)S(=O)(=O)c1ccc(C(=O)Nc2nc(C)cs2)cc1. The lowest BCUT2D eigenvalue weighted by atomic mass is 10.2. The molecule has 1 aromatic carbocycles. The fourth-order valence-corrected chi connectivity index (χ4v) is 4.21. The van der Waals surface area contributed by atoms with E-state index in [-0.39, 0.29) is 10.8 Å². The zero-order chi connectivity index (χ0) is 17.0. The van der Waals surface area contributed by atoms with Crippen molar-refractivity contribution in [2.24, 2.45) is 0 Å². The van der Waals surface area contributed by atoms with Crippen LogP contribution in [0.2, 0.25) is 0 Å². The molecular formula is C15H19N3O3S2. The van der Waals surface area contributed by atoms with Gasteiger partial charge in [-0.15, -0.1) is 11.3 Å². The second kappa shape index (κ2) is 7.20. The van der Waals surface area contributed by atoms with Crippen molar-refractivity contribution in [1.29, 1.82) is 0 Å². The van der Waals surface area contributed by atoms with Gasteiger partial charge in [0.15, 0.2) is 5.13 Å². The lowest BCUT2D eigenvalue weighted by Crippen LogP contribution is -2.30. The molecule has 0 aliphatic heterocycles. The summed E-state index contributed by atoms with van der Waals surface area (Å²) in [6, 6.07) is 5.92. The molecule has 2 aromatic rings. The van der Waals surface area contributed by atoms with Gasteiger partial charge in [0.1, 0.15) is 0 Å². The van der Waals surface area contributed by atoms with Gasteiger partial charge in [-0.2, -0.15) is 4.31 Å². The van der Waals surface area contributed by atoms with Crippen LogP contribution in [0.1, 0.15) is 29.9 Å². The number of amides is 1. The van der Waals surface area contributed by atoms with Crippen molar-refractivity contribution in [3.8, 4) is 0 Å². The molecule has 124 valence electrons. The molecule has 1 amide bonds. The van der Waals surface area contributed by atoms with Gasteiger partial charge in [-0.3, -0.25) is 10.1 Å². The van der Waals surface area contributed by atoms with Gasteiger partial charge in [-0.05, 0) is 31.2 Å². The quantitative estimate of drug-likeness (QED) is 0.866. The predicted molar refractivity (Wildman–Crippen MR) is 91.4 cm³/mol. The molecule has 0 aliphatic rings. The second-order valence-electron chi connectivity index (χ2n) is 4.86. The summed E-state index contributed by atoms with van der Waals surface area (Å²) >= 11 is 1.34. The van der Waals surface area contributed by atoms with Crippen LogP contribution in [-0.2, 0) is 10.0 Å². The Labute approximate surface area is 140 Å². The van der Waals surface area contributed by atoms with Crippen LogP contribution in [0, 0.1) is 6.92 Å². The first-order chi connectivity index (χ1) is 10.9. The smallest absolute Gasteiger partial charge is 0.257 e. The minimum absolute atomic E-state index is 0.183. The third-order valence-electron chi connectivity index (χ3n) is 3.30. The molecule has 0 spiro atoms. The van der Waals surface area contributed by atoms with Gasteiger partial charge in [-0.25, -0.2) is 13.4 Å². The summed E-state index contributed by atoms with van der Waals surface area (Å²) in [4.78, 5) is 16.5. The van der Waals surface area contributed by atoms with E-state index >= 15 is 0 Å². The second-order valence-corrected chi connectivity index (χ2v) is 7.66. The summed E-state index contributed by atoms with van der Waals surface area (Å²) in [5.74, 6) is -0.314. The highest BCUT2D eigenvalue weighted by Crippen LogP contribution is 2.18. The molecule has 0 atom stereocenters. The first-order valence-corrected chi connectivity index (χ1v) is 9.54. The summed E-state index contributed by atoms with van der Waals surface area (Å²) < 4.78 is 26.1. The van der Waals surface area contributed by atoms with E-state index < -0.39 is 10.0 Å². The third-order valence-corrected chi connectivity index (χ3v) is 6.24. The Morgan fingerprint density at radius 2 is 1.83 bits per heavy atom. The average Bonchev–Trinajstić information content (AvgIpc) is 2.93. The van der Waals surface area contributed by atoms with E-state index in [1.807, 2.05) is 12.3 Å². The van der Waals surface area contributed by atoms with Crippen LogP contribution in [-0.4, -0.2) is 36.7 Å². The molecule has 1 aromatic heterocycles. The molecule has 2 rings (SSSR count). The number of sulfonamides is 1. The van der Waals surface area contributed by atoms with Crippen molar-refractivity contribution in [2.75, 3.05) is 18.4 Å². The van der Waals surface area contributed by atoms with Crippen LogP contribution >= 0.6 is 11.3 Å². The largest absolute Gasteiger partial charge is 0.298 e. The standard InChI is InChI=1S/C15H19N3O3S2/c1-4-18(5-2)23(20,21)13-8-6-12(7-9-13)14(19)17-15-16-11(3)10-22-15/h6-10H,4-5H2,1-3H3,(H,16,17,19). The Morgan fingerprint density at radius 1 is 1.22 bits per heavy atom. The van der Waals surface area contributed by atoms with Gasteiger partial charge >= 0.3 is 0 Å². The molecule has 0 saturated carbocycles. The normalized spacial score (nSPS) is 11.7. The lowest BCUT2D eigenvalue weighted by molar-refractivity contribution is 0.102. The Kier molecular flexibility index (Phi) is 5.51. The summed E-state index contributed by atoms with van der Waals surface area (Å²) in [5.41, 5.74) is 1.22. The van der Waals surface area contributed by atoms with E-state index in [1.165, 1.54) is 39.9 Å². The number of aryl methyl sites for hydroxylation is 1. The van der Waals surface area contributed by atoms with Crippen LogP contribution < -0.4 is 5.32 Å². The molecule has 23 heavy (non-hydrogen) atoms. The Morgan fingerprint density at radius 3 is 2.30 bits per heavy atom. The number of aromatic nitrogens is 1. The number of nitrogens with zero attached hydrogens (tertiary/aromatic N) is 2. The average molecular weight is 353 g/mol. The van der Waals surface area contributed by atoms with Crippen LogP contribution in [0.5, 0.6) is 0 Å². The molecule has 0 fully saturated rings. The highest BCUT2D eigenvalue weighted by Gasteiger charge is 2.21. The number of benzene rings is 1. The minimum Gasteiger partial charge on any atom is -0.298 e. The number of anilines is 1. The molecule has 0 aliphatic carbocycles. The number of thiazole rings is 1. The highest BCUT2D eigenvalue weighted by atomic mass is 32.2. The van der Waals surface area contributed by atoms with Crippen molar-refractivity contribution >= 4 is 32.4 Å². The molecule has 0 radical (unpaired) electrons. The van der Waals surface area contributed by atoms with E-state index in [2.05, 4.69) is 10.3 Å². The number of nitrogens with one attached hydrogen (secondary N) is 1. The molecule has 1 heterocycles. The first kappa shape index (κ1) is 17.6. The van der Waals surface area contributed by atoms with Crippen molar-refractivity contribution < 1.29 is 13.2 Å². The van der Waals surface area contributed by atoms with Crippen LogP contribution in [0.3, 0.4) is 0 Å². The van der Waals surface area contributed by atoms with E-state index in [0.717, 1.165) is 5.69 Å². The molecule has 0 unspecified atom stereocenters. The number of carbonyl (C=O) groups is 1. The molecule has 0 saturated heterocycles. The zero-order valence-electron chi connectivity index (χ0n) is 13.2. The summed E-state index contributed by atoms with van der Waals surface area (Å²) in [5, 5.41) is 5.05. The van der Waals surface area contributed by atoms with Crippen molar-refractivity contribution in [2.45, 2.75) is 25.7 Å². The summed E-state index contributed by atoms with van der Waals surface area (Å²) in [7, 11) is -3.51. The number of rotatable bonds is 6. The van der Waals surface area contributed by atoms with Crippen molar-refractivity contribution in [3.05, 3.63) is 40.9 Å². The Hall–Kier alpha value is -1.77. The van der Waals surface area contributed by atoms with Crippen LogP contribution in [0.4, 0.5) is 5.13 Å². The monoisotopic (exact) mass is 353 g/mol. The van der Waals surface area contributed by atoms with Gasteiger partial charge < -0.3 is 0 Å². The van der Waals surface area contributed by atoms with E-state index in [9.17, 15) is 13.2 Å². The maximum atomic E-state index is 12.4. The van der Waals surface area contributed by atoms with Gasteiger partial charge in [0.2, 0.25) is 10.0 Å². The fourth-order valence-electron chi connectivity index (χ4n) is 2.07. The van der Waals surface area contributed by atoms with Gasteiger partial charge in [0.05, 0.1) is 10.6 Å². The van der Waals surface area contributed by atoms with Crippen molar-refractivity contribution in [3.63, 3.8) is 0 Å². The molecule has 6 nitrogen and oxygen atoms in total. The number of hydrogen-bond donors (Lipinski definition) is 1. The predicted octanol–water partition coefficient (Wildman–Crippen LogP) is 2.73. The Bertz CT molecular complexity index is 779. The first-order valence-electron chi connectivity index (χ1n) is 7.22. The summed E-state index contributed by atoms with van der Waals surface area (Å²) in [6.07, 6.45) is 0. The van der Waals surface area contributed by atoms with E-state index in [4.69, 9.17) is 0 Å². The highest BCUT2D eigenvalue weighted by molar-refractivity contribution is 7.89. The third kappa shape index (κ3) is 3.95. The summed E-state index contributed by atoms with van der Waals surface area (Å²) in [6.45, 7) is 6.24. The van der Waals surface area contributed by atoms with E-state index in [1.54, 1.807) is 13.8 Å². The van der Waals surface area contributed by atoms with Crippen LogP contribution in [0.15, 0.2) is 34.5 Å². The molecule has 0 bridgehead atoms. The van der Waals surface area contributed by atoms with Gasteiger partial charge in [-0.1, -0.05) is 13.8 Å². The molecular weight excluding hydrogens is 334 g/mol. The van der Waals surface area contributed by atoms with E-state index in [0.29, 0.717) is 23.8 Å². The van der Waals surface area contributed by atoms with Crippen LogP contribution in [0.25, 0.3) is 0 Å². The number of carbonyl (C=O) groups excluding carboxylic acids is 1.